The van der Waals surface area contributed by atoms with Gasteiger partial charge in [-0.1, -0.05) is 36.8 Å². The van der Waals surface area contributed by atoms with E-state index in [0.717, 1.165) is 12.2 Å². The van der Waals surface area contributed by atoms with Gasteiger partial charge in [-0.2, -0.15) is 0 Å². The van der Waals surface area contributed by atoms with Gasteiger partial charge in [-0.3, -0.25) is 0 Å². The fourth-order valence-corrected chi connectivity index (χ4v) is 2.05. The fraction of sp³-hybridized carbons (Fsp3) is 0.333. The summed E-state index contributed by atoms with van der Waals surface area (Å²) in [5.74, 6) is 0.985. The summed E-state index contributed by atoms with van der Waals surface area (Å²) in [6.07, 6.45) is 2.54. The minimum absolute atomic E-state index is 0.0639. The van der Waals surface area contributed by atoms with Crippen molar-refractivity contribution in [2.75, 3.05) is 6.54 Å². The van der Waals surface area contributed by atoms with Crippen LogP contribution < -0.4 is 5.73 Å². The lowest BCUT2D eigenvalue weighted by Gasteiger charge is -2.27. The Balaban J connectivity index is 2.27. The lowest BCUT2D eigenvalue weighted by atomic mass is 9.78. The molecule has 0 aliphatic heterocycles. The maximum atomic E-state index is 5.95. The lowest BCUT2D eigenvalue weighted by molar-refractivity contribution is 0.412. The summed E-state index contributed by atoms with van der Waals surface area (Å²) in [4.78, 5) is 0. The molecule has 1 atom stereocenters. The zero-order valence-corrected chi connectivity index (χ0v) is 10.4. The molecule has 2 N–H and O–H groups in total. The van der Waals surface area contributed by atoms with Crippen LogP contribution in [0.2, 0.25) is 0 Å². The molecule has 2 nitrogen and oxygen atoms in total. The van der Waals surface area contributed by atoms with E-state index in [0.29, 0.717) is 6.54 Å². The van der Waals surface area contributed by atoms with Crippen molar-refractivity contribution < 1.29 is 4.42 Å². The Morgan fingerprint density at radius 3 is 2.41 bits per heavy atom. The molecule has 2 heteroatoms. The number of nitrogens with two attached hydrogens (primary N) is 1. The number of aryl methyl sites for hydroxylation is 1. The first-order chi connectivity index (χ1) is 8.14. The molecular weight excluding hydrogens is 210 g/mol. The van der Waals surface area contributed by atoms with Crippen LogP contribution >= 0.6 is 0 Å². The monoisotopic (exact) mass is 229 g/mol. The van der Waals surface area contributed by atoms with E-state index in [-0.39, 0.29) is 5.41 Å². The van der Waals surface area contributed by atoms with E-state index in [9.17, 15) is 0 Å². The Morgan fingerprint density at radius 2 is 1.88 bits per heavy atom. The molecule has 0 bridgehead atoms. The Labute approximate surface area is 102 Å². The van der Waals surface area contributed by atoms with Crippen LogP contribution in [0, 0.1) is 6.92 Å². The molecule has 0 aliphatic carbocycles. The van der Waals surface area contributed by atoms with Crippen molar-refractivity contribution in [3.05, 3.63) is 59.5 Å². The van der Waals surface area contributed by atoms with Gasteiger partial charge in [0.25, 0.3) is 0 Å². The van der Waals surface area contributed by atoms with Crippen LogP contribution in [0.25, 0.3) is 0 Å². The van der Waals surface area contributed by atoms with E-state index in [2.05, 4.69) is 38.1 Å². The van der Waals surface area contributed by atoms with Crippen molar-refractivity contribution in [3.63, 3.8) is 0 Å². The second kappa shape index (κ2) is 4.76. The molecule has 2 aromatic rings. The molecule has 1 heterocycles. The van der Waals surface area contributed by atoms with Crippen molar-refractivity contribution in [2.45, 2.75) is 25.7 Å². The number of hydrogen-bond donors (Lipinski definition) is 1. The molecule has 0 aliphatic rings. The molecule has 2 rings (SSSR count). The summed E-state index contributed by atoms with van der Waals surface area (Å²) in [5.41, 5.74) is 8.42. The zero-order valence-electron chi connectivity index (χ0n) is 10.4. The van der Waals surface area contributed by atoms with E-state index >= 15 is 0 Å². The minimum Gasteiger partial charge on any atom is -0.469 e. The first-order valence-electron chi connectivity index (χ1n) is 5.94. The zero-order chi connectivity index (χ0) is 12.3. The third kappa shape index (κ3) is 2.59. The maximum absolute atomic E-state index is 5.95. The van der Waals surface area contributed by atoms with Gasteiger partial charge in [-0.15, -0.1) is 0 Å². The van der Waals surface area contributed by atoms with E-state index in [1.807, 2.05) is 12.1 Å². The molecule has 0 amide bonds. The summed E-state index contributed by atoms with van der Waals surface area (Å²) in [7, 11) is 0. The van der Waals surface area contributed by atoms with Crippen LogP contribution in [0.1, 0.15) is 23.8 Å². The standard InChI is InChI=1S/C15H19NO/c1-12-5-7-13(8-6-12)15(2,11-16)10-14-4-3-9-17-14/h3-9H,10-11,16H2,1-2H3. The Morgan fingerprint density at radius 1 is 1.18 bits per heavy atom. The maximum Gasteiger partial charge on any atom is 0.104 e. The van der Waals surface area contributed by atoms with Gasteiger partial charge in [0.1, 0.15) is 5.76 Å². The van der Waals surface area contributed by atoms with Crippen LogP contribution in [-0.4, -0.2) is 6.54 Å². The van der Waals surface area contributed by atoms with Crippen molar-refractivity contribution in [1.29, 1.82) is 0 Å². The molecule has 0 spiro atoms. The van der Waals surface area contributed by atoms with Gasteiger partial charge in [-0.05, 0) is 24.6 Å². The lowest BCUT2D eigenvalue weighted by Crippen LogP contribution is -2.34. The second-order valence-electron chi connectivity index (χ2n) is 4.89. The summed E-state index contributed by atoms with van der Waals surface area (Å²) < 4.78 is 5.42. The summed E-state index contributed by atoms with van der Waals surface area (Å²) in [5, 5.41) is 0. The molecular formula is C15H19NO. The summed E-state index contributed by atoms with van der Waals surface area (Å²) in [6.45, 7) is 4.88. The first kappa shape index (κ1) is 11.9. The molecule has 0 saturated carbocycles. The minimum atomic E-state index is -0.0639. The SMILES string of the molecule is Cc1ccc(C(C)(CN)Cc2ccco2)cc1. The highest BCUT2D eigenvalue weighted by atomic mass is 16.3. The smallest absolute Gasteiger partial charge is 0.104 e. The third-order valence-corrected chi connectivity index (χ3v) is 3.34. The summed E-state index contributed by atoms with van der Waals surface area (Å²) >= 11 is 0. The summed E-state index contributed by atoms with van der Waals surface area (Å²) in [6, 6.07) is 12.5. The van der Waals surface area contributed by atoms with Crippen molar-refractivity contribution >= 4 is 0 Å². The largest absolute Gasteiger partial charge is 0.469 e. The van der Waals surface area contributed by atoms with Crippen LogP contribution in [0.4, 0.5) is 0 Å². The van der Waals surface area contributed by atoms with E-state index in [4.69, 9.17) is 10.2 Å². The van der Waals surface area contributed by atoms with Crippen LogP contribution in [0.3, 0.4) is 0 Å². The number of rotatable bonds is 4. The van der Waals surface area contributed by atoms with E-state index in [1.165, 1.54) is 11.1 Å². The topological polar surface area (TPSA) is 39.2 Å². The van der Waals surface area contributed by atoms with Crippen LogP contribution in [-0.2, 0) is 11.8 Å². The quantitative estimate of drug-likeness (QED) is 0.875. The normalized spacial score (nSPS) is 14.5. The molecule has 1 aromatic carbocycles. The van der Waals surface area contributed by atoms with Gasteiger partial charge in [0.05, 0.1) is 6.26 Å². The van der Waals surface area contributed by atoms with Crippen molar-refractivity contribution in [2.24, 2.45) is 5.73 Å². The predicted molar refractivity (Wildman–Crippen MR) is 70.0 cm³/mol. The van der Waals surface area contributed by atoms with E-state index in [1.54, 1.807) is 6.26 Å². The highest BCUT2D eigenvalue weighted by Gasteiger charge is 2.26. The molecule has 17 heavy (non-hydrogen) atoms. The molecule has 0 radical (unpaired) electrons. The van der Waals surface area contributed by atoms with Gasteiger partial charge in [-0.25, -0.2) is 0 Å². The fourth-order valence-electron chi connectivity index (χ4n) is 2.05. The number of benzene rings is 1. The highest BCUT2D eigenvalue weighted by Crippen LogP contribution is 2.27. The average Bonchev–Trinajstić information content (AvgIpc) is 2.82. The molecule has 1 aromatic heterocycles. The van der Waals surface area contributed by atoms with Crippen molar-refractivity contribution in [1.82, 2.24) is 0 Å². The average molecular weight is 229 g/mol. The number of furan rings is 1. The van der Waals surface area contributed by atoms with Gasteiger partial charge >= 0.3 is 0 Å². The Bertz CT molecular complexity index is 458. The van der Waals surface area contributed by atoms with Crippen molar-refractivity contribution in [3.8, 4) is 0 Å². The third-order valence-electron chi connectivity index (χ3n) is 3.34. The second-order valence-corrected chi connectivity index (χ2v) is 4.89. The Hall–Kier alpha value is -1.54. The Kier molecular flexibility index (Phi) is 3.34. The number of hydrogen-bond acceptors (Lipinski definition) is 2. The molecule has 0 saturated heterocycles. The van der Waals surface area contributed by atoms with Gasteiger partial charge in [0.15, 0.2) is 0 Å². The predicted octanol–water partition coefficient (Wildman–Crippen LogP) is 3.05. The molecule has 0 fully saturated rings. The molecule has 90 valence electrons. The van der Waals surface area contributed by atoms with E-state index < -0.39 is 0 Å². The first-order valence-corrected chi connectivity index (χ1v) is 5.94. The van der Waals surface area contributed by atoms with Crippen LogP contribution in [0.5, 0.6) is 0 Å². The van der Waals surface area contributed by atoms with Crippen LogP contribution in [0.15, 0.2) is 47.1 Å². The van der Waals surface area contributed by atoms with Gasteiger partial charge in [0, 0.05) is 18.4 Å². The van der Waals surface area contributed by atoms with Gasteiger partial charge < -0.3 is 10.2 Å². The molecule has 1 unspecified atom stereocenters. The van der Waals surface area contributed by atoms with Gasteiger partial charge in [0.2, 0.25) is 0 Å². The highest BCUT2D eigenvalue weighted by molar-refractivity contribution is 5.30.